The zero-order valence-electron chi connectivity index (χ0n) is 12.1. The Hall–Kier alpha value is -2.15. The molecular formula is C14H19N3O4. The van der Waals surface area contributed by atoms with Crippen molar-refractivity contribution in [1.29, 1.82) is 0 Å². The molecule has 0 aliphatic carbocycles. The highest BCUT2D eigenvalue weighted by molar-refractivity contribution is 5.90. The quantitative estimate of drug-likeness (QED) is 0.636. The second kappa shape index (κ2) is 6.09. The fourth-order valence-corrected chi connectivity index (χ4v) is 2.64. The van der Waals surface area contributed by atoms with Gasteiger partial charge in [0.25, 0.3) is 5.69 Å². The SMILES string of the molecule is Cc1c(NCC2CCN(C)C2)cc(C(=O)O)cc1[N+](=O)[O-]. The van der Waals surface area contributed by atoms with Gasteiger partial charge in [0.05, 0.1) is 10.5 Å². The van der Waals surface area contributed by atoms with Crippen molar-refractivity contribution in [3.05, 3.63) is 33.4 Å². The van der Waals surface area contributed by atoms with E-state index in [1.165, 1.54) is 6.07 Å². The van der Waals surface area contributed by atoms with E-state index in [-0.39, 0.29) is 11.3 Å². The fraction of sp³-hybridized carbons (Fsp3) is 0.500. The second-order valence-electron chi connectivity index (χ2n) is 5.53. The first-order valence-corrected chi connectivity index (χ1v) is 6.83. The Morgan fingerprint density at radius 2 is 2.29 bits per heavy atom. The van der Waals surface area contributed by atoms with Crippen LogP contribution in [0.5, 0.6) is 0 Å². The number of nitro groups is 1. The summed E-state index contributed by atoms with van der Waals surface area (Å²) in [6, 6.07) is 2.57. The third-order valence-corrected chi connectivity index (χ3v) is 3.89. The van der Waals surface area contributed by atoms with E-state index < -0.39 is 10.9 Å². The molecule has 2 N–H and O–H groups in total. The van der Waals surface area contributed by atoms with Gasteiger partial charge in [-0.15, -0.1) is 0 Å². The van der Waals surface area contributed by atoms with Crippen LogP contribution in [0, 0.1) is 23.0 Å². The summed E-state index contributed by atoms with van der Waals surface area (Å²) >= 11 is 0. The van der Waals surface area contributed by atoms with Crippen molar-refractivity contribution in [1.82, 2.24) is 4.90 Å². The third kappa shape index (κ3) is 3.49. The van der Waals surface area contributed by atoms with E-state index in [1.807, 2.05) is 0 Å². The monoisotopic (exact) mass is 293 g/mol. The minimum Gasteiger partial charge on any atom is -0.478 e. The zero-order chi connectivity index (χ0) is 15.6. The lowest BCUT2D eigenvalue weighted by Gasteiger charge is -2.15. The molecule has 114 valence electrons. The molecule has 1 unspecified atom stereocenters. The van der Waals surface area contributed by atoms with Crippen molar-refractivity contribution < 1.29 is 14.8 Å². The van der Waals surface area contributed by atoms with Crippen LogP contribution in [-0.4, -0.2) is 47.6 Å². The second-order valence-corrected chi connectivity index (χ2v) is 5.53. The van der Waals surface area contributed by atoms with Gasteiger partial charge in [-0.05, 0) is 38.9 Å². The number of nitro benzene ring substituents is 1. The summed E-state index contributed by atoms with van der Waals surface area (Å²) in [6.45, 7) is 4.34. The summed E-state index contributed by atoms with van der Waals surface area (Å²) in [5.41, 5.74) is 0.756. The maximum absolute atomic E-state index is 11.1. The molecule has 1 aromatic rings. The minimum absolute atomic E-state index is 0.0710. The van der Waals surface area contributed by atoms with Gasteiger partial charge in [0, 0.05) is 30.4 Å². The molecule has 1 fully saturated rings. The van der Waals surface area contributed by atoms with Crippen LogP contribution >= 0.6 is 0 Å². The summed E-state index contributed by atoms with van der Waals surface area (Å²) < 4.78 is 0. The normalized spacial score (nSPS) is 18.7. The van der Waals surface area contributed by atoms with Crippen LogP contribution in [0.3, 0.4) is 0 Å². The van der Waals surface area contributed by atoms with Crippen LogP contribution < -0.4 is 5.32 Å². The molecule has 0 bridgehead atoms. The molecule has 1 atom stereocenters. The molecule has 7 nitrogen and oxygen atoms in total. The number of hydrogen-bond donors (Lipinski definition) is 2. The Bertz CT molecular complexity index is 574. The molecule has 1 aromatic carbocycles. The highest BCUT2D eigenvalue weighted by Gasteiger charge is 2.22. The summed E-state index contributed by atoms with van der Waals surface area (Å²) in [4.78, 5) is 23.8. The summed E-state index contributed by atoms with van der Waals surface area (Å²) in [7, 11) is 2.06. The van der Waals surface area contributed by atoms with Gasteiger partial charge >= 0.3 is 5.97 Å². The number of nitrogens with zero attached hydrogens (tertiary/aromatic N) is 2. The van der Waals surface area contributed by atoms with Gasteiger partial charge in [-0.3, -0.25) is 10.1 Å². The lowest BCUT2D eigenvalue weighted by Crippen LogP contribution is -2.19. The number of carboxylic acid groups (broad SMARTS) is 1. The van der Waals surface area contributed by atoms with Crippen LogP contribution in [0.25, 0.3) is 0 Å². The number of carboxylic acids is 1. The number of nitrogens with one attached hydrogen (secondary N) is 1. The van der Waals surface area contributed by atoms with Crippen molar-refractivity contribution in [2.45, 2.75) is 13.3 Å². The van der Waals surface area contributed by atoms with Crippen LogP contribution in [-0.2, 0) is 0 Å². The van der Waals surface area contributed by atoms with Crippen LogP contribution in [0.1, 0.15) is 22.3 Å². The predicted molar refractivity (Wildman–Crippen MR) is 78.9 cm³/mol. The van der Waals surface area contributed by atoms with Crippen LogP contribution in [0.4, 0.5) is 11.4 Å². The van der Waals surface area contributed by atoms with E-state index >= 15 is 0 Å². The first-order valence-electron chi connectivity index (χ1n) is 6.83. The molecule has 7 heteroatoms. The highest BCUT2D eigenvalue weighted by Crippen LogP contribution is 2.28. The van der Waals surface area contributed by atoms with Gasteiger partial charge in [0.2, 0.25) is 0 Å². The molecular weight excluding hydrogens is 274 g/mol. The predicted octanol–water partition coefficient (Wildman–Crippen LogP) is 1.97. The maximum Gasteiger partial charge on any atom is 0.336 e. The first-order chi connectivity index (χ1) is 9.88. The van der Waals surface area contributed by atoms with Crippen molar-refractivity contribution in [2.75, 3.05) is 32.0 Å². The Labute approximate surface area is 122 Å². The number of rotatable bonds is 5. The number of likely N-dealkylation sites (tertiary alicyclic amines) is 1. The van der Waals surface area contributed by atoms with Crippen molar-refractivity contribution >= 4 is 17.3 Å². The molecule has 1 heterocycles. The minimum atomic E-state index is -1.17. The van der Waals surface area contributed by atoms with Crippen molar-refractivity contribution in [3.63, 3.8) is 0 Å². The van der Waals surface area contributed by atoms with E-state index in [4.69, 9.17) is 5.11 Å². The van der Waals surface area contributed by atoms with E-state index in [1.54, 1.807) is 6.92 Å². The van der Waals surface area contributed by atoms with Gasteiger partial charge in [0.1, 0.15) is 0 Å². The van der Waals surface area contributed by atoms with E-state index in [0.717, 1.165) is 25.6 Å². The summed E-state index contributed by atoms with van der Waals surface area (Å²) in [6.07, 6.45) is 1.07. The molecule has 0 amide bonds. The lowest BCUT2D eigenvalue weighted by molar-refractivity contribution is -0.385. The molecule has 1 aliphatic heterocycles. The number of anilines is 1. The Kier molecular flexibility index (Phi) is 4.42. The van der Waals surface area contributed by atoms with E-state index in [9.17, 15) is 14.9 Å². The van der Waals surface area contributed by atoms with Gasteiger partial charge < -0.3 is 15.3 Å². The average Bonchev–Trinajstić information content (AvgIpc) is 2.82. The third-order valence-electron chi connectivity index (χ3n) is 3.89. The summed E-state index contributed by atoms with van der Waals surface area (Å²) in [5.74, 6) is -0.691. The molecule has 1 saturated heterocycles. The smallest absolute Gasteiger partial charge is 0.336 e. The Morgan fingerprint density at radius 1 is 1.57 bits per heavy atom. The molecule has 0 aromatic heterocycles. The molecule has 0 spiro atoms. The molecule has 2 rings (SSSR count). The van der Waals surface area contributed by atoms with Crippen LogP contribution in [0.15, 0.2) is 12.1 Å². The van der Waals surface area contributed by atoms with E-state index in [0.29, 0.717) is 23.7 Å². The standard InChI is InChI=1S/C14H19N3O4/c1-9-12(15-7-10-3-4-16(2)8-10)5-11(14(18)19)6-13(9)17(20)21/h5-6,10,15H,3-4,7-8H2,1-2H3,(H,18,19). The lowest BCUT2D eigenvalue weighted by atomic mass is 10.1. The molecule has 0 radical (unpaired) electrons. The van der Waals surface area contributed by atoms with E-state index in [2.05, 4.69) is 17.3 Å². The average molecular weight is 293 g/mol. The van der Waals surface area contributed by atoms with Crippen LogP contribution in [0.2, 0.25) is 0 Å². The highest BCUT2D eigenvalue weighted by atomic mass is 16.6. The maximum atomic E-state index is 11.1. The molecule has 21 heavy (non-hydrogen) atoms. The van der Waals surface area contributed by atoms with Crippen molar-refractivity contribution in [2.24, 2.45) is 5.92 Å². The van der Waals surface area contributed by atoms with Gasteiger partial charge in [-0.2, -0.15) is 0 Å². The van der Waals surface area contributed by atoms with Gasteiger partial charge in [-0.25, -0.2) is 4.79 Å². The van der Waals surface area contributed by atoms with Gasteiger partial charge in [-0.1, -0.05) is 0 Å². The topological polar surface area (TPSA) is 95.7 Å². The number of benzene rings is 1. The summed E-state index contributed by atoms with van der Waals surface area (Å²) in [5, 5.41) is 23.3. The van der Waals surface area contributed by atoms with Crippen molar-refractivity contribution in [3.8, 4) is 0 Å². The number of hydrogen-bond acceptors (Lipinski definition) is 5. The Morgan fingerprint density at radius 3 is 2.81 bits per heavy atom. The number of aromatic carboxylic acids is 1. The number of carbonyl (C=O) groups is 1. The first kappa shape index (κ1) is 15.2. The van der Waals surface area contributed by atoms with Gasteiger partial charge in [0.15, 0.2) is 0 Å². The Balaban J connectivity index is 2.21. The molecule has 0 saturated carbocycles. The molecule has 1 aliphatic rings. The fourth-order valence-electron chi connectivity index (χ4n) is 2.64. The zero-order valence-corrected chi connectivity index (χ0v) is 12.1. The largest absolute Gasteiger partial charge is 0.478 e.